The second kappa shape index (κ2) is 4.23. The summed E-state index contributed by atoms with van der Waals surface area (Å²) in [5.41, 5.74) is 12.2. The minimum atomic E-state index is -0.569. The molecular weight excluding hydrogens is 250 g/mol. The van der Waals surface area contributed by atoms with Gasteiger partial charge in [0.15, 0.2) is 0 Å². The van der Waals surface area contributed by atoms with Crippen molar-refractivity contribution in [3.63, 3.8) is 0 Å². The first kappa shape index (κ1) is 12.5. The molecular formula is C15H17N5. The van der Waals surface area contributed by atoms with Crippen molar-refractivity contribution in [3.8, 4) is 0 Å². The van der Waals surface area contributed by atoms with Crippen molar-refractivity contribution < 1.29 is 0 Å². The molecule has 0 amide bonds. The van der Waals surface area contributed by atoms with Crippen molar-refractivity contribution in [2.75, 3.05) is 4.90 Å². The molecule has 0 spiro atoms. The van der Waals surface area contributed by atoms with Gasteiger partial charge in [-0.3, -0.25) is 4.90 Å². The van der Waals surface area contributed by atoms with Gasteiger partial charge in [-0.15, -0.1) is 0 Å². The largest absolute Gasteiger partial charge is 0.369 e. The monoisotopic (exact) mass is 267 g/mol. The fourth-order valence-electron chi connectivity index (χ4n) is 2.62. The minimum absolute atomic E-state index is 0.212. The number of hydrogen-bond donors (Lipinski definition) is 2. The molecule has 1 aliphatic heterocycles. The Morgan fingerprint density at radius 3 is 2.45 bits per heavy atom. The number of nitrogens with two attached hydrogens (primary N) is 2. The van der Waals surface area contributed by atoms with E-state index >= 15 is 0 Å². The number of guanidine groups is 2. The van der Waals surface area contributed by atoms with E-state index in [1.165, 1.54) is 0 Å². The quantitative estimate of drug-likeness (QED) is 0.829. The topological polar surface area (TPSA) is 80.0 Å². The molecule has 3 rings (SSSR count). The Kier molecular flexibility index (Phi) is 2.64. The summed E-state index contributed by atoms with van der Waals surface area (Å²) in [5, 5.41) is 2.26. The fraction of sp³-hybridized carbons (Fsp3) is 0.200. The Morgan fingerprint density at radius 2 is 1.70 bits per heavy atom. The second-order valence-electron chi connectivity index (χ2n) is 5.27. The van der Waals surface area contributed by atoms with Gasteiger partial charge in [-0.1, -0.05) is 36.4 Å². The van der Waals surface area contributed by atoms with Crippen LogP contribution in [0.25, 0.3) is 10.8 Å². The Bertz CT molecular complexity index is 725. The van der Waals surface area contributed by atoms with Crippen LogP contribution in [0.4, 0.5) is 5.69 Å². The number of rotatable bonds is 1. The number of hydrogen-bond acceptors (Lipinski definition) is 5. The van der Waals surface area contributed by atoms with Crippen molar-refractivity contribution >= 4 is 28.4 Å². The molecule has 1 aliphatic rings. The van der Waals surface area contributed by atoms with Crippen LogP contribution in [-0.4, -0.2) is 17.6 Å². The number of aliphatic imine (C=N–C) groups is 2. The lowest BCUT2D eigenvalue weighted by Gasteiger charge is -2.39. The van der Waals surface area contributed by atoms with E-state index in [-0.39, 0.29) is 5.96 Å². The molecule has 4 N–H and O–H groups in total. The average molecular weight is 267 g/mol. The third kappa shape index (κ3) is 1.87. The van der Waals surface area contributed by atoms with Gasteiger partial charge in [0.2, 0.25) is 11.9 Å². The van der Waals surface area contributed by atoms with Crippen LogP contribution in [0.15, 0.2) is 52.4 Å². The lowest BCUT2D eigenvalue weighted by molar-refractivity contribution is 0.535. The summed E-state index contributed by atoms with van der Waals surface area (Å²) < 4.78 is 0. The molecule has 0 bridgehead atoms. The number of benzene rings is 2. The van der Waals surface area contributed by atoms with Crippen LogP contribution in [0.3, 0.4) is 0 Å². The van der Waals surface area contributed by atoms with Crippen LogP contribution in [0.2, 0.25) is 0 Å². The first-order chi connectivity index (χ1) is 9.49. The van der Waals surface area contributed by atoms with Gasteiger partial charge in [-0.2, -0.15) is 4.99 Å². The van der Waals surface area contributed by atoms with E-state index in [0.717, 1.165) is 16.5 Å². The zero-order valence-corrected chi connectivity index (χ0v) is 11.5. The number of fused-ring (bicyclic) bond motifs is 1. The molecule has 0 saturated heterocycles. The summed E-state index contributed by atoms with van der Waals surface area (Å²) in [6.07, 6.45) is 0. The molecule has 0 aromatic heterocycles. The van der Waals surface area contributed by atoms with E-state index in [1.54, 1.807) is 0 Å². The highest BCUT2D eigenvalue weighted by Gasteiger charge is 2.33. The first-order valence-electron chi connectivity index (χ1n) is 6.46. The van der Waals surface area contributed by atoms with E-state index < -0.39 is 5.66 Å². The Morgan fingerprint density at radius 1 is 1.00 bits per heavy atom. The molecule has 0 aliphatic carbocycles. The molecule has 0 atom stereocenters. The van der Waals surface area contributed by atoms with Crippen molar-refractivity contribution in [2.45, 2.75) is 19.5 Å². The number of anilines is 1. The van der Waals surface area contributed by atoms with Gasteiger partial charge >= 0.3 is 0 Å². The average Bonchev–Trinajstić information content (AvgIpc) is 2.36. The molecule has 5 nitrogen and oxygen atoms in total. The lowest BCUT2D eigenvalue weighted by Crippen LogP contribution is -2.54. The van der Waals surface area contributed by atoms with Crippen molar-refractivity contribution in [1.82, 2.24) is 0 Å². The summed E-state index contributed by atoms with van der Waals surface area (Å²) >= 11 is 0. The van der Waals surface area contributed by atoms with Crippen LogP contribution in [-0.2, 0) is 0 Å². The molecule has 102 valence electrons. The van der Waals surface area contributed by atoms with E-state index in [0.29, 0.717) is 5.96 Å². The maximum Gasteiger partial charge on any atom is 0.220 e. The molecule has 1 heterocycles. The highest BCUT2D eigenvalue weighted by molar-refractivity contribution is 6.10. The molecule has 2 aromatic rings. The summed E-state index contributed by atoms with van der Waals surface area (Å²) in [7, 11) is 0. The standard InChI is InChI=1S/C15H17N5/c1-15(2)19-13(16)18-14(17)20(15)12-9-5-7-10-6-3-4-8-11(10)12/h3-9H,1-2H3,(H4,16,17,18,19). The zero-order valence-electron chi connectivity index (χ0n) is 11.5. The molecule has 0 radical (unpaired) electrons. The van der Waals surface area contributed by atoms with Crippen LogP contribution < -0.4 is 16.4 Å². The highest BCUT2D eigenvalue weighted by Crippen LogP contribution is 2.33. The predicted octanol–water partition coefficient (Wildman–Crippen LogP) is 2.03. The maximum atomic E-state index is 6.08. The van der Waals surface area contributed by atoms with Crippen LogP contribution in [0.1, 0.15) is 13.8 Å². The smallest absolute Gasteiger partial charge is 0.220 e. The van der Waals surface area contributed by atoms with Gasteiger partial charge in [0.05, 0.1) is 5.69 Å². The summed E-state index contributed by atoms with van der Waals surface area (Å²) in [4.78, 5) is 10.4. The second-order valence-corrected chi connectivity index (χ2v) is 5.27. The van der Waals surface area contributed by atoms with Crippen LogP contribution in [0.5, 0.6) is 0 Å². The van der Waals surface area contributed by atoms with Crippen molar-refractivity contribution in [2.24, 2.45) is 21.5 Å². The van der Waals surface area contributed by atoms with Crippen molar-refractivity contribution in [1.29, 1.82) is 0 Å². The predicted molar refractivity (Wildman–Crippen MR) is 83.8 cm³/mol. The summed E-state index contributed by atoms with van der Waals surface area (Å²) in [6, 6.07) is 14.2. The Hall–Kier alpha value is -2.56. The molecule has 0 saturated carbocycles. The molecule has 0 fully saturated rings. The molecule has 20 heavy (non-hydrogen) atoms. The van der Waals surface area contributed by atoms with E-state index in [9.17, 15) is 0 Å². The number of nitrogens with zero attached hydrogens (tertiary/aromatic N) is 3. The summed E-state index contributed by atoms with van der Waals surface area (Å²) in [6.45, 7) is 3.92. The normalized spacial score (nSPS) is 17.8. The Labute approximate surface area is 117 Å². The molecule has 2 aromatic carbocycles. The highest BCUT2D eigenvalue weighted by atomic mass is 15.4. The van der Waals surface area contributed by atoms with Gasteiger partial charge in [0, 0.05) is 5.39 Å². The Balaban J connectivity index is 2.23. The van der Waals surface area contributed by atoms with Crippen molar-refractivity contribution in [3.05, 3.63) is 42.5 Å². The van der Waals surface area contributed by atoms with Gasteiger partial charge in [-0.05, 0) is 25.3 Å². The molecule has 0 unspecified atom stereocenters. The summed E-state index contributed by atoms with van der Waals surface area (Å²) in [5.74, 6) is 0.572. The van der Waals surface area contributed by atoms with E-state index in [4.69, 9.17) is 11.5 Å². The third-order valence-electron chi connectivity index (χ3n) is 3.40. The van der Waals surface area contributed by atoms with Gasteiger partial charge in [0.1, 0.15) is 5.66 Å². The molecule has 5 heteroatoms. The van der Waals surface area contributed by atoms with Gasteiger partial charge < -0.3 is 11.5 Å². The van der Waals surface area contributed by atoms with Gasteiger partial charge in [-0.25, -0.2) is 4.99 Å². The van der Waals surface area contributed by atoms with Crippen LogP contribution >= 0.6 is 0 Å². The minimum Gasteiger partial charge on any atom is -0.369 e. The first-order valence-corrected chi connectivity index (χ1v) is 6.46. The third-order valence-corrected chi connectivity index (χ3v) is 3.40. The van der Waals surface area contributed by atoms with E-state index in [2.05, 4.69) is 28.2 Å². The van der Waals surface area contributed by atoms with E-state index in [1.807, 2.05) is 43.0 Å². The SMILES string of the molecule is CC1(C)N=C(N)N=C(N)N1c1cccc2ccccc12. The lowest BCUT2D eigenvalue weighted by atomic mass is 10.1. The zero-order chi connectivity index (χ0) is 14.3. The van der Waals surface area contributed by atoms with Crippen LogP contribution in [0, 0.1) is 0 Å². The fourth-order valence-corrected chi connectivity index (χ4v) is 2.62. The van der Waals surface area contributed by atoms with Gasteiger partial charge in [0.25, 0.3) is 0 Å². The maximum absolute atomic E-state index is 6.08.